The number of aliphatic imine (C=N–C) groups is 1. The van der Waals surface area contributed by atoms with Crippen LogP contribution < -0.4 is 5.32 Å². The molecule has 3 heteroatoms. The summed E-state index contributed by atoms with van der Waals surface area (Å²) in [5.41, 5.74) is 2.59. The Balaban J connectivity index is 1.62. The summed E-state index contributed by atoms with van der Waals surface area (Å²) in [6.07, 6.45) is 0. The summed E-state index contributed by atoms with van der Waals surface area (Å²) in [4.78, 5) is 6.79. The van der Waals surface area contributed by atoms with E-state index in [2.05, 4.69) is 70.8 Å². The van der Waals surface area contributed by atoms with Crippen molar-refractivity contribution >= 4 is 5.96 Å². The van der Waals surface area contributed by atoms with Crippen LogP contribution in [0, 0.1) is 0 Å². The van der Waals surface area contributed by atoms with Gasteiger partial charge in [0.2, 0.25) is 0 Å². The molecule has 20 heavy (non-hydrogen) atoms. The Morgan fingerprint density at radius 2 is 1.70 bits per heavy atom. The molecule has 0 radical (unpaired) electrons. The molecule has 0 spiro atoms. The quantitative estimate of drug-likeness (QED) is 0.924. The molecule has 0 saturated heterocycles. The van der Waals surface area contributed by atoms with Crippen molar-refractivity contribution in [2.24, 2.45) is 4.99 Å². The summed E-state index contributed by atoms with van der Waals surface area (Å²) in [6.45, 7) is 1.67. The first-order chi connectivity index (χ1) is 9.83. The van der Waals surface area contributed by atoms with E-state index in [-0.39, 0.29) is 0 Å². The number of guanidine groups is 1. The van der Waals surface area contributed by atoms with Gasteiger partial charge in [0.1, 0.15) is 0 Å². The Kier molecular flexibility index (Phi) is 3.68. The Morgan fingerprint density at radius 3 is 2.40 bits per heavy atom. The van der Waals surface area contributed by atoms with Gasteiger partial charge in [-0.25, -0.2) is 0 Å². The summed E-state index contributed by atoms with van der Waals surface area (Å²) >= 11 is 0. The van der Waals surface area contributed by atoms with Gasteiger partial charge < -0.3 is 10.2 Å². The third-order valence-electron chi connectivity index (χ3n) is 3.55. The maximum Gasteiger partial charge on any atom is 0.194 e. The lowest BCUT2D eigenvalue weighted by atomic mass is 10.1. The molecule has 1 N–H and O–H groups in total. The van der Waals surface area contributed by atoms with E-state index in [4.69, 9.17) is 0 Å². The zero-order valence-electron chi connectivity index (χ0n) is 11.7. The number of rotatable bonds is 3. The van der Waals surface area contributed by atoms with E-state index in [1.165, 1.54) is 11.1 Å². The molecule has 102 valence electrons. The van der Waals surface area contributed by atoms with Gasteiger partial charge >= 0.3 is 0 Å². The molecule has 1 aliphatic rings. The Labute approximate surface area is 120 Å². The highest BCUT2D eigenvalue weighted by atomic mass is 15.3. The summed E-state index contributed by atoms with van der Waals surface area (Å²) < 4.78 is 0. The molecule has 1 atom stereocenters. The van der Waals surface area contributed by atoms with E-state index in [1.54, 1.807) is 0 Å². The first kappa shape index (κ1) is 12.7. The largest absolute Gasteiger partial charge is 0.348 e. The molecule has 0 fully saturated rings. The molecule has 0 amide bonds. The highest BCUT2D eigenvalue weighted by Gasteiger charge is 2.21. The molecule has 0 bridgehead atoms. The van der Waals surface area contributed by atoms with Crippen molar-refractivity contribution in [1.29, 1.82) is 0 Å². The van der Waals surface area contributed by atoms with Gasteiger partial charge in [-0.3, -0.25) is 4.99 Å². The minimum Gasteiger partial charge on any atom is -0.348 e. The van der Waals surface area contributed by atoms with Crippen LogP contribution in [0.4, 0.5) is 0 Å². The van der Waals surface area contributed by atoms with Crippen LogP contribution in [0.15, 0.2) is 65.7 Å². The van der Waals surface area contributed by atoms with Gasteiger partial charge in [0.05, 0.1) is 12.6 Å². The molecule has 1 aliphatic heterocycles. The smallest absolute Gasteiger partial charge is 0.194 e. The fraction of sp³-hybridized carbons (Fsp3) is 0.235. The van der Waals surface area contributed by atoms with Crippen molar-refractivity contribution in [2.45, 2.75) is 12.6 Å². The number of nitrogens with zero attached hydrogens (tertiary/aromatic N) is 2. The van der Waals surface area contributed by atoms with Gasteiger partial charge in [0.15, 0.2) is 5.96 Å². The van der Waals surface area contributed by atoms with E-state index in [9.17, 15) is 0 Å². The van der Waals surface area contributed by atoms with Crippen LogP contribution in [-0.4, -0.2) is 24.5 Å². The second-order valence-electron chi connectivity index (χ2n) is 5.11. The second-order valence-corrected chi connectivity index (χ2v) is 5.11. The van der Waals surface area contributed by atoms with Gasteiger partial charge in [-0.15, -0.1) is 0 Å². The molecule has 3 rings (SSSR count). The van der Waals surface area contributed by atoms with Crippen molar-refractivity contribution in [3.63, 3.8) is 0 Å². The van der Waals surface area contributed by atoms with Gasteiger partial charge in [-0.1, -0.05) is 60.7 Å². The fourth-order valence-electron chi connectivity index (χ4n) is 2.46. The third-order valence-corrected chi connectivity index (χ3v) is 3.55. The van der Waals surface area contributed by atoms with Crippen LogP contribution in [0.2, 0.25) is 0 Å². The summed E-state index contributed by atoms with van der Waals surface area (Å²) in [6, 6.07) is 21.2. The highest BCUT2D eigenvalue weighted by Crippen LogP contribution is 2.18. The number of nitrogens with one attached hydrogen (secondary N) is 1. The lowest BCUT2D eigenvalue weighted by Crippen LogP contribution is -2.36. The maximum absolute atomic E-state index is 4.62. The minimum absolute atomic E-state index is 0.296. The third kappa shape index (κ3) is 2.82. The average Bonchev–Trinajstić information content (AvgIpc) is 2.99. The average molecular weight is 265 g/mol. The topological polar surface area (TPSA) is 27.6 Å². The first-order valence-corrected chi connectivity index (χ1v) is 6.94. The van der Waals surface area contributed by atoms with E-state index >= 15 is 0 Å². The molecular formula is C17H19N3. The van der Waals surface area contributed by atoms with Crippen LogP contribution in [0.25, 0.3) is 0 Å². The molecule has 1 heterocycles. The molecule has 3 nitrogen and oxygen atoms in total. The second kappa shape index (κ2) is 5.78. The van der Waals surface area contributed by atoms with E-state index in [0.717, 1.165) is 19.0 Å². The van der Waals surface area contributed by atoms with Crippen molar-refractivity contribution in [1.82, 2.24) is 10.2 Å². The normalized spacial score (nSPS) is 17.4. The molecule has 2 aromatic rings. The zero-order chi connectivity index (χ0) is 13.8. The molecule has 0 saturated carbocycles. The zero-order valence-corrected chi connectivity index (χ0v) is 11.7. The van der Waals surface area contributed by atoms with Gasteiger partial charge in [0.25, 0.3) is 0 Å². The van der Waals surface area contributed by atoms with E-state index in [1.807, 2.05) is 12.1 Å². The maximum atomic E-state index is 4.62. The van der Waals surface area contributed by atoms with E-state index < -0.39 is 0 Å². The van der Waals surface area contributed by atoms with Crippen molar-refractivity contribution in [2.75, 3.05) is 13.6 Å². The number of hydrogen-bond acceptors (Lipinski definition) is 3. The summed E-state index contributed by atoms with van der Waals surface area (Å²) in [7, 11) is 2.08. The van der Waals surface area contributed by atoms with Crippen molar-refractivity contribution < 1.29 is 0 Å². The van der Waals surface area contributed by atoms with Gasteiger partial charge in [0, 0.05) is 13.6 Å². The standard InChI is InChI=1S/C17H19N3/c1-20(13-14-8-4-2-5-9-14)17-18-12-16(19-17)15-10-6-3-7-11-15/h2-11,16H,12-13H2,1H3,(H,18,19). The first-order valence-electron chi connectivity index (χ1n) is 6.94. The Hall–Kier alpha value is -2.29. The molecule has 1 unspecified atom stereocenters. The van der Waals surface area contributed by atoms with Gasteiger partial charge in [-0.05, 0) is 11.1 Å². The lowest BCUT2D eigenvalue weighted by molar-refractivity contribution is 0.480. The predicted octanol–water partition coefficient (Wildman–Crippen LogP) is 2.82. The molecule has 0 aromatic heterocycles. The predicted molar refractivity (Wildman–Crippen MR) is 82.5 cm³/mol. The summed E-state index contributed by atoms with van der Waals surface area (Å²) in [5, 5.41) is 3.50. The van der Waals surface area contributed by atoms with Crippen molar-refractivity contribution in [3.05, 3.63) is 71.8 Å². The van der Waals surface area contributed by atoms with E-state index in [0.29, 0.717) is 6.04 Å². The Bertz CT molecular complexity index is 578. The molecule has 2 aromatic carbocycles. The van der Waals surface area contributed by atoms with Crippen LogP contribution in [0.5, 0.6) is 0 Å². The van der Waals surface area contributed by atoms with Crippen LogP contribution in [0.1, 0.15) is 17.2 Å². The summed E-state index contributed by atoms with van der Waals surface area (Å²) in [5.74, 6) is 0.975. The number of hydrogen-bond donors (Lipinski definition) is 1. The van der Waals surface area contributed by atoms with Gasteiger partial charge in [-0.2, -0.15) is 0 Å². The Morgan fingerprint density at radius 1 is 1.05 bits per heavy atom. The monoisotopic (exact) mass is 265 g/mol. The fourth-order valence-corrected chi connectivity index (χ4v) is 2.46. The van der Waals surface area contributed by atoms with Crippen LogP contribution in [-0.2, 0) is 6.54 Å². The van der Waals surface area contributed by atoms with Crippen LogP contribution >= 0.6 is 0 Å². The number of benzene rings is 2. The lowest BCUT2D eigenvalue weighted by Gasteiger charge is -2.21. The van der Waals surface area contributed by atoms with Crippen LogP contribution in [0.3, 0.4) is 0 Å². The minimum atomic E-state index is 0.296. The SMILES string of the molecule is CN(Cc1ccccc1)C1=NCC(c2ccccc2)N1. The highest BCUT2D eigenvalue weighted by molar-refractivity contribution is 5.82. The molecule has 0 aliphatic carbocycles. The molecular weight excluding hydrogens is 246 g/mol. The van der Waals surface area contributed by atoms with Crippen molar-refractivity contribution in [3.8, 4) is 0 Å².